The third-order valence-electron chi connectivity index (χ3n) is 2.91. The number of aliphatic hydroxyl groups excluding tert-OH is 1. The van der Waals surface area contributed by atoms with Crippen LogP contribution in [0, 0.1) is 5.92 Å². The van der Waals surface area contributed by atoms with Crippen LogP contribution in [0.3, 0.4) is 0 Å². The summed E-state index contributed by atoms with van der Waals surface area (Å²) < 4.78 is 22.8. The van der Waals surface area contributed by atoms with E-state index in [-0.39, 0.29) is 10.8 Å². The Morgan fingerprint density at radius 3 is 2.53 bits per heavy atom. The van der Waals surface area contributed by atoms with Gasteiger partial charge in [-0.3, -0.25) is 0 Å². The molecule has 0 aliphatic heterocycles. The van der Waals surface area contributed by atoms with E-state index in [2.05, 4.69) is 6.92 Å². The summed E-state index contributed by atoms with van der Waals surface area (Å²) in [6.07, 6.45) is 2.50. The molecule has 96 valence electrons. The Bertz CT molecular complexity index is 465. The molecule has 0 amide bonds. The molecule has 0 saturated heterocycles. The molecule has 0 aliphatic carbocycles. The molecule has 1 aromatic rings. The SMILES string of the molecule is CCCC(C)C(O)c1cccc(S(C)(=O)=O)c1. The van der Waals surface area contributed by atoms with Gasteiger partial charge in [-0.2, -0.15) is 0 Å². The van der Waals surface area contributed by atoms with Gasteiger partial charge in [0, 0.05) is 6.26 Å². The molecule has 1 aromatic carbocycles. The average molecular weight is 256 g/mol. The molecular formula is C13H20O3S. The van der Waals surface area contributed by atoms with E-state index in [1.54, 1.807) is 24.3 Å². The lowest BCUT2D eigenvalue weighted by atomic mass is 9.94. The lowest BCUT2D eigenvalue weighted by Gasteiger charge is -2.19. The fraction of sp³-hybridized carbons (Fsp3) is 0.538. The number of aliphatic hydroxyl groups is 1. The second-order valence-corrected chi connectivity index (χ2v) is 6.57. The van der Waals surface area contributed by atoms with Crippen molar-refractivity contribution >= 4 is 9.84 Å². The maximum atomic E-state index is 11.4. The van der Waals surface area contributed by atoms with Crippen molar-refractivity contribution in [2.45, 2.75) is 37.7 Å². The third-order valence-corrected chi connectivity index (χ3v) is 4.02. The van der Waals surface area contributed by atoms with Crippen molar-refractivity contribution in [3.63, 3.8) is 0 Å². The van der Waals surface area contributed by atoms with E-state index >= 15 is 0 Å². The van der Waals surface area contributed by atoms with Crippen LogP contribution in [-0.2, 0) is 9.84 Å². The van der Waals surface area contributed by atoms with Gasteiger partial charge in [0.25, 0.3) is 0 Å². The van der Waals surface area contributed by atoms with Crippen LogP contribution in [0.4, 0.5) is 0 Å². The van der Waals surface area contributed by atoms with Crippen molar-refractivity contribution in [3.05, 3.63) is 29.8 Å². The van der Waals surface area contributed by atoms with Gasteiger partial charge in [0.2, 0.25) is 0 Å². The van der Waals surface area contributed by atoms with E-state index in [4.69, 9.17) is 0 Å². The summed E-state index contributed by atoms with van der Waals surface area (Å²) in [4.78, 5) is 0.262. The summed E-state index contributed by atoms with van der Waals surface area (Å²) in [5.74, 6) is 0.134. The molecule has 0 heterocycles. The highest BCUT2D eigenvalue weighted by atomic mass is 32.2. The van der Waals surface area contributed by atoms with Crippen molar-refractivity contribution in [3.8, 4) is 0 Å². The van der Waals surface area contributed by atoms with Crippen molar-refractivity contribution in [1.82, 2.24) is 0 Å². The Labute approximate surface area is 103 Å². The van der Waals surface area contributed by atoms with Gasteiger partial charge < -0.3 is 5.11 Å². The van der Waals surface area contributed by atoms with Gasteiger partial charge in [0.1, 0.15) is 0 Å². The van der Waals surface area contributed by atoms with Crippen molar-refractivity contribution < 1.29 is 13.5 Å². The first-order valence-electron chi connectivity index (χ1n) is 5.84. The van der Waals surface area contributed by atoms with Crippen LogP contribution in [0.15, 0.2) is 29.2 Å². The maximum Gasteiger partial charge on any atom is 0.175 e. The van der Waals surface area contributed by atoms with Gasteiger partial charge in [0.05, 0.1) is 11.0 Å². The Morgan fingerprint density at radius 2 is 2.00 bits per heavy atom. The highest BCUT2D eigenvalue weighted by molar-refractivity contribution is 7.90. The molecule has 2 atom stereocenters. The maximum absolute atomic E-state index is 11.4. The molecular weight excluding hydrogens is 236 g/mol. The van der Waals surface area contributed by atoms with E-state index in [1.165, 1.54) is 6.26 Å². The molecule has 0 fully saturated rings. The average Bonchev–Trinajstić information content (AvgIpc) is 2.27. The van der Waals surface area contributed by atoms with Crippen LogP contribution in [0.1, 0.15) is 38.4 Å². The largest absolute Gasteiger partial charge is 0.388 e. The Morgan fingerprint density at radius 1 is 1.35 bits per heavy atom. The molecule has 4 heteroatoms. The van der Waals surface area contributed by atoms with Gasteiger partial charge in [0.15, 0.2) is 9.84 Å². The Hall–Kier alpha value is -0.870. The summed E-state index contributed by atoms with van der Waals surface area (Å²) in [5.41, 5.74) is 0.675. The van der Waals surface area contributed by atoms with Crippen LogP contribution in [-0.4, -0.2) is 19.8 Å². The zero-order valence-electron chi connectivity index (χ0n) is 10.6. The Balaban J connectivity index is 3.00. The molecule has 0 radical (unpaired) electrons. The molecule has 0 aromatic heterocycles. The van der Waals surface area contributed by atoms with E-state index < -0.39 is 15.9 Å². The minimum absolute atomic E-state index is 0.134. The molecule has 3 nitrogen and oxygen atoms in total. The van der Waals surface area contributed by atoms with E-state index in [0.717, 1.165) is 12.8 Å². The van der Waals surface area contributed by atoms with E-state index in [9.17, 15) is 13.5 Å². The molecule has 17 heavy (non-hydrogen) atoms. The first-order chi connectivity index (χ1) is 7.86. The van der Waals surface area contributed by atoms with Gasteiger partial charge >= 0.3 is 0 Å². The molecule has 1 N–H and O–H groups in total. The quantitative estimate of drug-likeness (QED) is 0.881. The zero-order valence-corrected chi connectivity index (χ0v) is 11.4. The summed E-state index contributed by atoms with van der Waals surface area (Å²) in [5, 5.41) is 10.1. The number of benzene rings is 1. The van der Waals surface area contributed by atoms with Crippen molar-refractivity contribution in [2.24, 2.45) is 5.92 Å². The number of sulfone groups is 1. The fourth-order valence-corrected chi connectivity index (χ4v) is 2.55. The lowest BCUT2D eigenvalue weighted by molar-refractivity contribution is 0.112. The summed E-state index contributed by atoms with van der Waals surface area (Å²) in [7, 11) is -3.21. The molecule has 2 unspecified atom stereocenters. The second kappa shape index (κ2) is 5.65. The predicted octanol–water partition coefficient (Wildman–Crippen LogP) is 2.56. The van der Waals surface area contributed by atoms with Gasteiger partial charge in [-0.25, -0.2) is 8.42 Å². The van der Waals surface area contributed by atoms with Crippen LogP contribution >= 0.6 is 0 Å². The first-order valence-corrected chi connectivity index (χ1v) is 7.73. The fourth-order valence-electron chi connectivity index (χ4n) is 1.87. The molecule has 0 spiro atoms. The first kappa shape index (κ1) is 14.2. The van der Waals surface area contributed by atoms with Crippen molar-refractivity contribution in [1.29, 1.82) is 0 Å². The van der Waals surface area contributed by atoms with Crippen LogP contribution in [0.2, 0.25) is 0 Å². The van der Waals surface area contributed by atoms with Crippen molar-refractivity contribution in [2.75, 3.05) is 6.26 Å². The van der Waals surface area contributed by atoms with E-state index in [0.29, 0.717) is 5.56 Å². The topological polar surface area (TPSA) is 54.4 Å². The molecule has 0 aliphatic rings. The minimum Gasteiger partial charge on any atom is -0.388 e. The highest BCUT2D eigenvalue weighted by Gasteiger charge is 2.17. The normalized spacial score (nSPS) is 15.5. The summed E-state index contributed by atoms with van der Waals surface area (Å²) >= 11 is 0. The van der Waals surface area contributed by atoms with Crippen LogP contribution in [0.25, 0.3) is 0 Å². The highest BCUT2D eigenvalue weighted by Crippen LogP contribution is 2.26. The zero-order chi connectivity index (χ0) is 13.1. The monoisotopic (exact) mass is 256 g/mol. The molecule has 0 saturated carbocycles. The van der Waals surface area contributed by atoms with E-state index in [1.807, 2.05) is 6.92 Å². The molecule has 0 bridgehead atoms. The third kappa shape index (κ3) is 3.82. The Kier molecular flexibility index (Phi) is 4.71. The standard InChI is InChI=1S/C13H20O3S/c1-4-6-10(2)13(14)11-7-5-8-12(9-11)17(3,15)16/h5,7-10,13-14H,4,6H2,1-3H3. The second-order valence-electron chi connectivity index (χ2n) is 4.56. The summed E-state index contributed by atoms with van der Waals surface area (Å²) in [6, 6.07) is 6.56. The van der Waals surface area contributed by atoms with Gasteiger partial charge in [-0.1, -0.05) is 32.4 Å². The van der Waals surface area contributed by atoms with Crippen LogP contribution in [0.5, 0.6) is 0 Å². The van der Waals surface area contributed by atoms with Gasteiger partial charge in [-0.05, 0) is 30.0 Å². The predicted molar refractivity (Wildman–Crippen MR) is 68.6 cm³/mol. The number of hydrogen-bond acceptors (Lipinski definition) is 3. The number of hydrogen-bond donors (Lipinski definition) is 1. The minimum atomic E-state index is -3.21. The summed E-state index contributed by atoms with van der Waals surface area (Å²) in [6.45, 7) is 4.04. The van der Waals surface area contributed by atoms with Gasteiger partial charge in [-0.15, -0.1) is 0 Å². The lowest BCUT2D eigenvalue weighted by Crippen LogP contribution is -2.10. The smallest absolute Gasteiger partial charge is 0.175 e. The van der Waals surface area contributed by atoms with Crippen LogP contribution < -0.4 is 0 Å². The molecule has 1 rings (SSSR count). The number of rotatable bonds is 5.